The second-order valence-corrected chi connectivity index (χ2v) is 8.29. The van der Waals surface area contributed by atoms with Crippen molar-refractivity contribution in [3.63, 3.8) is 0 Å². The molecule has 0 saturated carbocycles. The van der Waals surface area contributed by atoms with Crippen LogP contribution in [0.25, 0.3) is 21.2 Å². The lowest BCUT2D eigenvalue weighted by Crippen LogP contribution is -2.38. The van der Waals surface area contributed by atoms with E-state index in [0.29, 0.717) is 40.9 Å². The summed E-state index contributed by atoms with van der Waals surface area (Å²) in [6.07, 6.45) is 0. The van der Waals surface area contributed by atoms with Crippen LogP contribution in [0, 0.1) is 5.82 Å². The first-order valence-electron chi connectivity index (χ1n) is 10.8. The Hall–Kier alpha value is -2.68. The number of hydrogen-bond donors (Lipinski definition) is 0. The minimum Gasteiger partial charge on any atom is -0.490 e. The van der Waals surface area contributed by atoms with E-state index in [9.17, 15) is 9.18 Å². The molecule has 0 aliphatic carbocycles. The topological polar surface area (TPSA) is 58.8 Å². The number of carbonyl (C=O) groups is 1. The van der Waals surface area contributed by atoms with Gasteiger partial charge in [-0.05, 0) is 44.3 Å². The molecule has 0 unspecified atom stereocenters. The first kappa shape index (κ1) is 25.0. The first-order chi connectivity index (χ1) is 15.5. The van der Waals surface area contributed by atoms with E-state index < -0.39 is 5.82 Å². The van der Waals surface area contributed by atoms with Crippen LogP contribution in [0.3, 0.4) is 0 Å². The molecule has 2 aromatic carbocycles. The van der Waals surface area contributed by atoms with E-state index in [4.69, 9.17) is 9.15 Å². The van der Waals surface area contributed by atoms with Gasteiger partial charge in [-0.3, -0.25) is 9.69 Å². The molecule has 6 nitrogen and oxygen atoms in total. The lowest BCUT2D eigenvalue weighted by Gasteiger charge is -2.24. The Morgan fingerprint density at radius 3 is 2.58 bits per heavy atom. The van der Waals surface area contributed by atoms with Gasteiger partial charge in [0.2, 0.25) is 0 Å². The SMILES string of the molecule is CCOc1cccc2cc(C(=O)N(CCN(CC)CC)c3nc4c(F)cccc4s3)oc12.Cl. The summed E-state index contributed by atoms with van der Waals surface area (Å²) in [5.74, 6) is 0.0914. The zero-order valence-corrected chi connectivity index (χ0v) is 20.5. The second-order valence-electron chi connectivity index (χ2n) is 7.28. The van der Waals surface area contributed by atoms with Crippen molar-refractivity contribution in [1.82, 2.24) is 9.88 Å². The molecule has 1 amide bonds. The number of rotatable bonds is 9. The molecule has 4 aromatic rings. The zero-order chi connectivity index (χ0) is 22.7. The molecule has 0 radical (unpaired) electrons. The second kappa shape index (κ2) is 11.0. The number of benzene rings is 2. The van der Waals surface area contributed by atoms with Crippen LogP contribution in [0.15, 0.2) is 46.9 Å². The van der Waals surface area contributed by atoms with Crippen molar-refractivity contribution in [2.75, 3.05) is 37.7 Å². The molecule has 0 atom stereocenters. The van der Waals surface area contributed by atoms with Crippen LogP contribution in [0.5, 0.6) is 5.75 Å². The van der Waals surface area contributed by atoms with Crippen LogP contribution in [0.2, 0.25) is 0 Å². The molecule has 0 N–H and O–H groups in total. The summed E-state index contributed by atoms with van der Waals surface area (Å²) in [5, 5.41) is 1.24. The van der Waals surface area contributed by atoms with Crippen LogP contribution in [-0.4, -0.2) is 48.6 Å². The average Bonchev–Trinajstić information content (AvgIpc) is 3.42. The number of amides is 1. The van der Waals surface area contributed by atoms with Crippen molar-refractivity contribution >= 4 is 56.0 Å². The third-order valence-corrected chi connectivity index (χ3v) is 6.43. The number of halogens is 2. The van der Waals surface area contributed by atoms with Gasteiger partial charge in [0.05, 0.1) is 11.3 Å². The summed E-state index contributed by atoms with van der Waals surface area (Å²) in [7, 11) is 0. The number of para-hydroxylation sites is 2. The predicted molar refractivity (Wildman–Crippen MR) is 134 cm³/mol. The van der Waals surface area contributed by atoms with E-state index in [0.717, 1.165) is 18.5 Å². The number of fused-ring (bicyclic) bond motifs is 2. The molecule has 33 heavy (non-hydrogen) atoms. The summed E-state index contributed by atoms with van der Waals surface area (Å²) in [6, 6.07) is 12.1. The predicted octanol–water partition coefficient (Wildman–Crippen LogP) is 5.99. The lowest BCUT2D eigenvalue weighted by molar-refractivity contribution is 0.0959. The Bertz CT molecular complexity index is 1240. The fourth-order valence-corrected chi connectivity index (χ4v) is 4.63. The highest BCUT2D eigenvalue weighted by Gasteiger charge is 2.26. The van der Waals surface area contributed by atoms with Gasteiger partial charge in [-0.15, -0.1) is 12.4 Å². The molecule has 9 heteroatoms. The van der Waals surface area contributed by atoms with Gasteiger partial charge in [-0.1, -0.05) is 43.4 Å². The van der Waals surface area contributed by atoms with Crippen molar-refractivity contribution in [2.24, 2.45) is 0 Å². The first-order valence-corrected chi connectivity index (χ1v) is 11.6. The number of ether oxygens (including phenoxy) is 1. The lowest BCUT2D eigenvalue weighted by atomic mass is 10.2. The minimum atomic E-state index is -0.397. The highest BCUT2D eigenvalue weighted by molar-refractivity contribution is 7.22. The molecule has 2 heterocycles. The van der Waals surface area contributed by atoms with Crippen molar-refractivity contribution in [3.8, 4) is 5.75 Å². The molecule has 176 valence electrons. The van der Waals surface area contributed by atoms with E-state index in [1.807, 2.05) is 31.2 Å². The van der Waals surface area contributed by atoms with Crippen LogP contribution in [-0.2, 0) is 0 Å². The Balaban J connectivity index is 0.00000306. The number of nitrogens with zero attached hydrogens (tertiary/aromatic N) is 3. The van der Waals surface area contributed by atoms with Crippen molar-refractivity contribution in [2.45, 2.75) is 20.8 Å². The maximum Gasteiger partial charge on any atom is 0.295 e. The third-order valence-electron chi connectivity index (χ3n) is 5.39. The molecule has 4 rings (SSSR count). The molecular weight excluding hydrogens is 465 g/mol. The summed E-state index contributed by atoms with van der Waals surface area (Å²) in [5.41, 5.74) is 0.813. The highest BCUT2D eigenvalue weighted by Crippen LogP contribution is 2.33. The Morgan fingerprint density at radius 2 is 1.88 bits per heavy atom. The van der Waals surface area contributed by atoms with Gasteiger partial charge in [-0.2, -0.15) is 0 Å². The van der Waals surface area contributed by atoms with Gasteiger partial charge < -0.3 is 14.1 Å². The highest BCUT2D eigenvalue weighted by atomic mass is 35.5. The van der Waals surface area contributed by atoms with Crippen molar-refractivity contribution in [3.05, 3.63) is 54.0 Å². The average molecular weight is 492 g/mol. The maximum absolute atomic E-state index is 14.3. The van der Waals surface area contributed by atoms with Gasteiger partial charge in [0.15, 0.2) is 22.2 Å². The largest absolute Gasteiger partial charge is 0.490 e. The van der Waals surface area contributed by atoms with Gasteiger partial charge in [0.1, 0.15) is 11.3 Å². The fourth-order valence-electron chi connectivity index (χ4n) is 3.63. The number of carbonyl (C=O) groups excluding carboxylic acids is 1. The van der Waals surface area contributed by atoms with Gasteiger partial charge in [-0.25, -0.2) is 9.37 Å². The van der Waals surface area contributed by atoms with E-state index in [1.165, 1.54) is 17.4 Å². The Morgan fingerprint density at radius 1 is 1.12 bits per heavy atom. The Kier molecular flexibility index (Phi) is 8.29. The normalized spacial score (nSPS) is 11.2. The van der Waals surface area contributed by atoms with E-state index in [-0.39, 0.29) is 29.6 Å². The van der Waals surface area contributed by atoms with E-state index in [2.05, 4.69) is 23.7 Å². The molecule has 0 aliphatic heterocycles. The molecule has 0 saturated heterocycles. The molecule has 0 bridgehead atoms. The molecule has 0 aliphatic rings. The summed E-state index contributed by atoms with van der Waals surface area (Å²) >= 11 is 1.30. The van der Waals surface area contributed by atoms with Crippen molar-refractivity contribution < 1.29 is 18.3 Å². The number of hydrogen-bond acceptors (Lipinski definition) is 6. The van der Waals surface area contributed by atoms with Gasteiger partial charge >= 0.3 is 0 Å². The van der Waals surface area contributed by atoms with Gasteiger partial charge in [0, 0.05) is 18.5 Å². The van der Waals surface area contributed by atoms with Gasteiger partial charge in [0.25, 0.3) is 5.91 Å². The standard InChI is InChI=1S/C24H26FN3O3S.ClH/c1-4-27(5-2)13-14-28(24-26-21-17(25)10-8-12-20(21)32-24)23(29)19-15-16-9-7-11-18(30-6-3)22(16)31-19;/h7-12,15H,4-6,13-14H2,1-3H3;1H. The molecule has 2 aromatic heterocycles. The number of thiazole rings is 1. The molecular formula is C24H27ClFN3O3S. The Labute approximate surface area is 202 Å². The monoisotopic (exact) mass is 491 g/mol. The summed E-state index contributed by atoms with van der Waals surface area (Å²) in [6.45, 7) is 9.38. The van der Waals surface area contributed by atoms with E-state index in [1.54, 1.807) is 17.0 Å². The summed E-state index contributed by atoms with van der Waals surface area (Å²) < 4.78 is 26.6. The van der Waals surface area contributed by atoms with Crippen molar-refractivity contribution in [1.29, 1.82) is 0 Å². The van der Waals surface area contributed by atoms with Crippen LogP contribution in [0.4, 0.5) is 9.52 Å². The van der Waals surface area contributed by atoms with E-state index >= 15 is 0 Å². The minimum absolute atomic E-state index is 0. The quantitative estimate of drug-likeness (QED) is 0.288. The zero-order valence-electron chi connectivity index (χ0n) is 18.8. The number of furan rings is 1. The van der Waals surface area contributed by atoms with Crippen LogP contribution in [0.1, 0.15) is 31.3 Å². The summed E-state index contributed by atoms with van der Waals surface area (Å²) in [4.78, 5) is 21.8. The number of aromatic nitrogens is 1. The fraction of sp³-hybridized carbons (Fsp3) is 0.333. The van der Waals surface area contributed by atoms with Crippen LogP contribution < -0.4 is 9.64 Å². The number of anilines is 1. The maximum atomic E-state index is 14.3. The van der Waals surface area contributed by atoms with Crippen LogP contribution >= 0.6 is 23.7 Å². The molecule has 0 spiro atoms. The molecule has 0 fully saturated rings. The third kappa shape index (κ3) is 5.13. The number of likely N-dealkylation sites (N-methyl/N-ethyl adjacent to an activating group) is 1. The smallest absolute Gasteiger partial charge is 0.295 e.